The third-order valence-electron chi connectivity index (χ3n) is 4.50. The summed E-state index contributed by atoms with van der Waals surface area (Å²) in [5.74, 6) is -0.248. The lowest BCUT2D eigenvalue weighted by Crippen LogP contribution is -2.43. The van der Waals surface area contributed by atoms with Crippen molar-refractivity contribution in [2.45, 2.75) is 59.3 Å². The summed E-state index contributed by atoms with van der Waals surface area (Å²) in [5, 5.41) is 2.58. The van der Waals surface area contributed by atoms with Crippen molar-refractivity contribution in [3.8, 4) is 0 Å². The first-order valence-corrected chi connectivity index (χ1v) is 10.1. The van der Waals surface area contributed by atoms with Gasteiger partial charge in [0.05, 0.1) is 0 Å². The van der Waals surface area contributed by atoms with Crippen LogP contribution in [-0.2, 0) is 0 Å². The minimum Gasteiger partial charge on any atom is -0.341 e. The van der Waals surface area contributed by atoms with Gasteiger partial charge in [-0.2, -0.15) is 0 Å². The Balaban J connectivity index is 2.85. The minimum atomic E-state index is -0.348. The number of urea groups is 1. The number of rotatable bonds is 10. The Kier molecular flexibility index (Phi) is 10.8. The molecular weight excluding hydrogens is 336 g/mol. The predicted molar refractivity (Wildman–Crippen MR) is 114 cm³/mol. The Morgan fingerprint density at radius 2 is 1.63 bits per heavy atom. The van der Waals surface area contributed by atoms with Gasteiger partial charge in [-0.1, -0.05) is 69.9 Å². The molecule has 3 amide bonds. The van der Waals surface area contributed by atoms with E-state index >= 15 is 0 Å². The molecule has 0 spiro atoms. The van der Waals surface area contributed by atoms with E-state index in [0.717, 1.165) is 36.8 Å². The summed E-state index contributed by atoms with van der Waals surface area (Å²) in [7, 11) is 1.56. The number of amides is 3. The quantitative estimate of drug-likeness (QED) is 0.417. The van der Waals surface area contributed by atoms with Crippen LogP contribution in [0.5, 0.6) is 0 Å². The summed E-state index contributed by atoms with van der Waals surface area (Å²) in [6, 6.07) is 7.12. The predicted octanol–water partition coefficient (Wildman–Crippen LogP) is 5.81. The van der Waals surface area contributed by atoms with E-state index in [9.17, 15) is 9.59 Å². The first-order chi connectivity index (χ1) is 13.1. The average Bonchev–Trinajstić information content (AvgIpc) is 2.70. The van der Waals surface area contributed by atoms with Crippen LogP contribution >= 0.6 is 0 Å². The first kappa shape index (κ1) is 22.7. The Labute approximate surface area is 164 Å². The molecule has 0 atom stereocenters. The molecule has 0 saturated carbocycles. The number of unbranched alkanes of at least 4 members (excludes halogenated alkanes) is 4. The molecule has 1 rings (SSSR count). The molecule has 0 aliphatic carbocycles. The van der Waals surface area contributed by atoms with Gasteiger partial charge in [-0.25, -0.2) is 4.79 Å². The number of allylic oxidation sites excluding steroid dienone is 4. The van der Waals surface area contributed by atoms with Gasteiger partial charge in [-0.15, -0.1) is 0 Å². The number of carbonyl (C=O) groups is 2. The molecule has 4 heteroatoms. The third kappa shape index (κ3) is 7.41. The van der Waals surface area contributed by atoms with Gasteiger partial charge in [0.25, 0.3) is 5.91 Å². The lowest BCUT2D eigenvalue weighted by atomic mass is 10.0. The van der Waals surface area contributed by atoms with Crippen LogP contribution in [0, 0.1) is 0 Å². The van der Waals surface area contributed by atoms with Crippen LogP contribution in [0.2, 0.25) is 0 Å². The molecule has 1 aromatic rings. The lowest BCUT2D eigenvalue weighted by molar-refractivity contribution is 0.0799. The molecule has 1 N–H and O–H groups in total. The molecule has 4 nitrogen and oxygen atoms in total. The maximum Gasteiger partial charge on any atom is 0.324 e. The van der Waals surface area contributed by atoms with Gasteiger partial charge in [0.1, 0.15) is 0 Å². The van der Waals surface area contributed by atoms with E-state index in [1.54, 1.807) is 19.2 Å². The molecule has 0 bridgehead atoms. The largest absolute Gasteiger partial charge is 0.341 e. The summed E-state index contributed by atoms with van der Waals surface area (Å²) in [4.78, 5) is 26.3. The Hall–Kier alpha value is -2.36. The highest BCUT2D eigenvalue weighted by Crippen LogP contribution is 2.18. The standard InChI is InChI=1S/C23H34N2O2/c1-5-8-10-11-12-18-25(23(27)24-4)22(26)21-16-14-20(15-17-21)19(7-3)13-9-6-2/h7,9,13-17H,5-6,8,10-12,18H2,1-4H3,(H,24,27)/b13-9-,19-7+. The van der Waals surface area contributed by atoms with Crippen molar-refractivity contribution in [2.24, 2.45) is 0 Å². The van der Waals surface area contributed by atoms with Crippen LogP contribution in [0.4, 0.5) is 4.79 Å². The summed E-state index contributed by atoms with van der Waals surface area (Å²) < 4.78 is 0. The molecule has 148 valence electrons. The highest BCUT2D eigenvalue weighted by Gasteiger charge is 2.21. The van der Waals surface area contributed by atoms with E-state index in [-0.39, 0.29) is 11.9 Å². The molecule has 1 aromatic carbocycles. The van der Waals surface area contributed by atoms with Crippen LogP contribution in [0.1, 0.15) is 75.2 Å². The summed E-state index contributed by atoms with van der Waals surface area (Å²) in [6.45, 7) is 6.71. The topological polar surface area (TPSA) is 49.4 Å². The smallest absolute Gasteiger partial charge is 0.324 e. The molecule has 0 aliphatic rings. The highest BCUT2D eigenvalue weighted by molar-refractivity contribution is 6.04. The Morgan fingerprint density at radius 3 is 2.19 bits per heavy atom. The minimum absolute atomic E-state index is 0.248. The first-order valence-electron chi connectivity index (χ1n) is 10.1. The second-order valence-corrected chi connectivity index (χ2v) is 6.56. The van der Waals surface area contributed by atoms with E-state index in [0.29, 0.717) is 12.1 Å². The van der Waals surface area contributed by atoms with Crippen LogP contribution in [0.15, 0.2) is 42.5 Å². The van der Waals surface area contributed by atoms with Crippen molar-refractivity contribution in [3.63, 3.8) is 0 Å². The molecule has 0 unspecified atom stereocenters. The van der Waals surface area contributed by atoms with Gasteiger partial charge in [0, 0.05) is 19.2 Å². The van der Waals surface area contributed by atoms with Gasteiger partial charge in [-0.05, 0) is 43.0 Å². The normalized spacial score (nSPS) is 11.6. The zero-order valence-electron chi connectivity index (χ0n) is 17.3. The van der Waals surface area contributed by atoms with Gasteiger partial charge < -0.3 is 5.32 Å². The van der Waals surface area contributed by atoms with E-state index in [4.69, 9.17) is 0 Å². The maximum atomic E-state index is 12.8. The monoisotopic (exact) mass is 370 g/mol. The Bertz CT molecular complexity index is 645. The SMILES string of the molecule is C/C=C(\C=C/CC)c1ccc(C(=O)N(CCCCCCC)C(=O)NC)cc1. The van der Waals surface area contributed by atoms with E-state index in [1.165, 1.54) is 17.7 Å². The number of benzene rings is 1. The fourth-order valence-corrected chi connectivity index (χ4v) is 2.87. The molecule has 0 radical (unpaired) electrons. The van der Waals surface area contributed by atoms with Crippen LogP contribution in [0.3, 0.4) is 0 Å². The summed E-state index contributed by atoms with van der Waals surface area (Å²) in [5.41, 5.74) is 2.71. The maximum absolute atomic E-state index is 12.8. The van der Waals surface area contributed by atoms with Crippen molar-refractivity contribution in [1.82, 2.24) is 10.2 Å². The van der Waals surface area contributed by atoms with E-state index < -0.39 is 0 Å². The highest BCUT2D eigenvalue weighted by atomic mass is 16.2. The Morgan fingerprint density at radius 1 is 1.00 bits per heavy atom. The van der Waals surface area contributed by atoms with Gasteiger partial charge in [0.15, 0.2) is 0 Å². The van der Waals surface area contributed by atoms with E-state index in [1.807, 2.05) is 19.1 Å². The van der Waals surface area contributed by atoms with Gasteiger partial charge in [-0.3, -0.25) is 9.69 Å². The molecule has 0 aliphatic heterocycles. The van der Waals surface area contributed by atoms with Crippen molar-refractivity contribution in [2.75, 3.05) is 13.6 Å². The van der Waals surface area contributed by atoms with Crippen molar-refractivity contribution >= 4 is 17.5 Å². The summed E-state index contributed by atoms with van der Waals surface area (Å²) in [6.07, 6.45) is 12.6. The number of hydrogen-bond donors (Lipinski definition) is 1. The second kappa shape index (κ2) is 12.9. The molecule has 0 aromatic heterocycles. The molecule has 0 heterocycles. The van der Waals surface area contributed by atoms with Gasteiger partial charge >= 0.3 is 6.03 Å². The van der Waals surface area contributed by atoms with Crippen LogP contribution < -0.4 is 5.32 Å². The van der Waals surface area contributed by atoms with E-state index in [2.05, 4.69) is 37.4 Å². The summed E-state index contributed by atoms with van der Waals surface area (Å²) >= 11 is 0. The molecule has 0 fully saturated rings. The van der Waals surface area contributed by atoms with Crippen molar-refractivity contribution in [1.29, 1.82) is 0 Å². The van der Waals surface area contributed by atoms with Crippen LogP contribution in [0.25, 0.3) is 5.57 Å². The molecule has 0 saturated heterocycles. The number of nitrogens with zero attached hydrogens (tertiary/aromatic N) is 1. The fraction of sp³-hybridized carbons (Fsp3) is 0.478. The third-order valence-corrected chi connectivity index (χ3v) is 4.50. The number of nitrogens with one attached hydrogen (secondary N) is 1. The van der Waals surface area contributed by atoms with Crippen molar-refractivity contribution < 1.29 is 9.59 Å². The number of carbonyl (C=O) groups excluding carboxylic acids is 2. The molecule has 27 heavy (non-hydrogen) atoms. The second-order valence-electron chi connectivity index (χ2n) is 6.56. The zero-order valence-corrected chi connectivity index (χ0v) is 17.3. The average molecular weight is 371 g/mol. The van der Waals surface area contributed by atoms with Gasteiger partial charge in [0.2, 0.25) is 0 Å². The molecular formula is C23H34N2O2. The number of imide groups is 1. The van der Waals surface area contributed by atoms with Crippen LogP contribution in [-0.4, -0.2) is 30.4 Å². The fourth-order valence-electron chi connectivity index (χ4n) is 2.87. The lowest BCUT2D eigenvalue weighted by Gasteiger charge is -2.20. The number of hydrogen-bond acceptors (Lipinski definition) is 2. The zero-order chi connectivity index (χ0) is 20.1. The van der Waals surface area contributed by atoms with Crippen molar-refractivity contribution in [3.05, 3.63) is 53.6 Å².